The largest absolute Gasteiger partial charge is 0.289 e. The summed E-state index contributed by atoms with van der Waals surface area (Å²) in [5, 5.41) is 14.4. The molecule has 0 radical (unpaired) electrons. The molecule has 0 saturated carbocycles. The summed E-state index contributed by atoms with van der Waals surface area (Å²) in [5.74, 6) is -0.558. The molecule has 0 bridgehead atoms. The van der Waals surface area contributed by atoms with E-state index in [1.165, 1.54) is 4.88 Å². The second kappa shape index (κ2) is 10.4. The summed E-state index contributed by atoms with van der Waals surface area (Å²) >= 11 is 1.69. The van der Waals surface area contributed by atoms with Gasteiger partial charge >= 0.3 is 0 Å². The highest BCUT2D eigenvalue weighted by atomic mass is 32.1. The number of benzene rings is 1. The van der Waals surface area contributed by atoms with Crippen LogP contribution in [0.25, 0.3) is 10.4 Å². The van der Waals surface area contributed by atoms with E-state index in [1.54, 1.807) is 23.0 Å². The van der Waals surface area contributed by atoms with Crippen molar-refractivity contribution in [2.75, 3.05) is 0 Å². The first kappa shape index (κ1) is 18.8. The average Bonchev–Trinajstić information content (AvgIpc) is 3.16. The molecule has 25 heavy (non-hydrogen) atoms. The van der Waals surface area contributed by atoms with Crippen LogP contribution in [-0.2, 0) is 9.59 Å². The number of amides is 2. The zero-order valence-corrected chi connectivity index (χ0v) is 14.6. The number of hydrogen-bond acceptors (Lipinski definition) is 5. The van der Waals surface area contributed by atoms with Gasteiger partial charge in [0.05, 0.1) is 6.21 Å². The molecule has 0 unspecified atom stereocenters. The topological polar surface area (TPSA) is 90.8 Å². The van der Waals surface area contributed by atoms with E-state index in [1.807, 2.05) is 35.7 Å². The van der Waals surface area contributed by atoms with Crippen molar-refractivity contribution in [3.63, 3.8) is 0 Å². The van der Waals surface area contributed by atoms with Crippen LogP contribution in [0.4, 0.5) is 0 Å². The van der Waals surface area contributed by atoms with Gasteiger partial charge in [-0.15, -0.1) is 11.3 Å². The summed E-state index contributed by atoms with van der Waals surface area (Å²) in [7, 11) is 0. The second-order valence-electron chi connectivity index (χ2n) is 5.49. The number of rotatable bonds is 9. The number of nitrogens with zero attached hydrogens (tertiary/aromatic N) is 1. The predicted octanol–water partition coefficient (Wildman–Crippen LogP) is 3.32. The molecule has 0 fully saturated rings. The van der Waals surface area contributed by atoms with E-state index in [-0.39, 0.29) is 12.3 Å². The van der Waals surface area contributed by atoms with Gasteiger partial charge in [-0.3, -0.25) is 14.8 Å². The molecule has 3 N–H and O–H groups in total. The van der Waals surface area contributed by atoms with Crippen LogP contribution in [0.5, 0.6) is 0 Å². The van der Waals surface area contributed by atoms with Crippen molar-refractivity contribution in [2.24, 2.45) is 5.10 Å². The molecular formula is C18H21N3O3S. The van der Waals surface area contributed by atoms with Crippen molar-refractivity contribution in [2.45, 2.75) is 32.1 Å². The Hall–Kier alpha value is -2.51. The first-order valence-electron chi connectivity index (χ1n) is 8.08. The van der Waals surface area contributed by atoms with Gasteiger partial charge in [-0.25, -0.2) is 10.9 Å². The zero-order chi connectivity index (χ0) is 17.9. The predicted molar refractivity (Wildman–Crippen MR) is 98.5 cm³/mol. The lowest BCUT2D eigenvalue weighted by atomic mass is 10.1. The summed E-state index contributed by atoms with van der Waals surface area (Å²) < 4.78 is 0. The Kier molecular flexibility index (Phi) is 7.81. The third-order valence-corrected chi connectivity index (χ3v) is 4.47. The molecule has 0 spiro atoms. The Bertz CT molecular complexity index is 697. The van der Waals surface area contributed by atoms with Gasteiger partial charge < -0.3 is 0 Å². The molecule has 0 saturated heterocycles. The van der Waals surface area contributed by atoms with E-state index < -0.39 is 5.91 Å². The number of carbonyl (C=O) groups is 2. The minimum Gasteiger partial charge on any atom is -0.289 e. The number of thiophene rings is 1. The third kappa shape index (κ3) is 6.86. The maximum Gasteiger partial charge on any atom is 0.243 e. The van der Waals surface area contributed by atoms with Gasteiger partial charge in [-0.2, -0.15) is 5.10 Å². The van der Waals surface area contributed by atoms with Crippen molar-refractivity contribution < 1.29 is 14.8 Å². The lowest BCUT2D eigenvalue weighted by molar-refractivity contribution is -0.129. The number of nitrogens with one attached hydrogen (secondary N) is 2. The average molecular weight is 359 g/mol. The van der Waals surface area contributed by atoms with Crippen LogP contribution in [0.15, 0.2) is 46.9 Å². The molecule has 0 atom stereocenters. The normalized spacial score (nSPS) is 10.8. The van der Waals surface area contributed by atoms with Gasteiger partial charge in [0.25, 0.3) is 0 Å². The van der Waals surface area contributed by atoms with E-state index >= 15 is 0 Å². The minimum absolute atomic E-state index is 0.155. The van der Waals surface area contributed by atoms with E-state index in [2.05, 4.69) is 16.6 Å². The van der Waals surface area contributed by atoms with Crippen molar-refractivity contribution in [1.82, 2.24) is 10.9 Å². The van der Waals surface area contributed by atoms with Crippen LogP contribution in [0, 0.1) is 0 Å². The van der Waals surface area contributed by atoms with Crippen LogP contribution >= 0.6 is 11.3 Å². The third-order valence-electron chi connectivity index (χ3n) is 3.55. The summed E-state index contributed by atoms with van der Waals surface area (Å²) in [6, 6.07) is 12.1. The van der Waals surface area contributed by atoms with Gasteiger partial charge in [0, 0.05) is 17.7 Å². The van der Waals surface area contributed by atoms with Gasteiger partial charge in [-0.05, 0) is 35.4 Å². The Balaban J connectivity index is 1.66. The minimum atomic E-state index is -0.404. The van der Waals surface area contributed by atoms with Crippen LogP contribution in [0.1, 0.15) is 37.7 Å². The number of carbonyl (C=O) groups excluding carboxylic acids is 2. The Morgan fingerprint density at radius 2 is 1.76 bits per heavy atom. The molecule has 7 heteroatoms. The molecule has 0 aliphatic carbocycles. The molecule has 6 nitrogen and oxygen atoms in total. The number of hydrogen-bond donors (Lipinski definition) is 3. The maximum atomic E-state index is 11.7. The monoisotopic (exact) mass is 359 g/mol. The SMILES string of the molecule is O=C(CCCCCC(=O)N/N=C/c1ccc(-c2cccs2)cc1)NO. The molecule has 1 heterocycles. The molecular weight excluding hydrogens is 338 g/mol. The maximum absolute atomic E-state index is 11.7. The summed E-state index contributed by atoms with van der Waals surface area (Å²) in [6.07, 6.45) is 4.29. The van der Waals surface area contributed by atoms with E-state index in [4.69, 9.17) is 5.21 Å². The Labute approximate surface area is 150 Å². The molecule has 2 aromatic rings. The molecule has 0 aliphatic rings. The lowest BCUT2D eigenvalue weighted by Gasteiger charge is -2.01. The van der Waals surface area contributed by atoms with Crippen molar-refractivity contribution in [3.05, 3.63) is 47.3 Å². The fourth-order valence-corrected chi connectivity index (χ4v) is 2.95. The Morgan fingerprint density at radius 3 is 2.40 bits per heavy atom. The van der Waals surface area contributed by atoms with Crippen LogP contribution in [-0.4, -0.2) is 23.2 Å². The highest BCUT2D eigenvalue weighted by Crippen LogP contribution is 2.24. The summed E-state index contributed by atoms with van der Waals surface area (Å²) in [5.41, 5.74) is 6.15. The fraction of sp³-hybridized carbons (Fsp3) is 0.278. The summed E-state index contributed by atoms with van der Waals surface area (Å²) in [6.45, 7) is 0. The first-order chi connectivity index (χ1) is 12.2. The van der Waals surface area contributed by atoms with Gasteiger partial charge in [-0.1, -0.05) is 36.8 Å². The van der Waals surface area contributed by atoms with E-state index in [0.717, 1.165) is 17.5 Å². The van der Waals surface area contributed by atoms with Gasteiger partial charge in [0.15, 0.2) is 0 Å². The van der Waals surface area contributed by atoms with Crippen LogP contribution in [0.3, 0.4) is 0 Å². The van der Waals surface area contributed by atoms with Crippen LogP contribution < -0.4 is 10.9 Å². The van der Waals surface area contributed by atoms with Gasteiger partial charge in [0.1, 0.15) is 0 Å². The Morgan fingerprint density at radius 1 is 1.04 bits per heavy atom. The quantitative estimate of drug-likeness (QED) is 0.278. The lowest BCUT2D eigenvalue weighted by Crippen LogP contribution is -2.18. The summed E-state index contributed by atoms with van der Waals surface area (Å²) in [4.78, 5) is 23.7. The van der Waals surface area contributed by atoms with E-state index in [0.29, 0.717) is 19.3 Å². The molecule has 2 rings (SSSR count). The highest BCUT2D eigenvalue weighted by Gasteiger charge is 2.02. The van der Waals surface area contributed by atoms with Crippen molar-refractivity contribution >= 4 is 29.4 Å². The first-order valence-corrected chi connectivity index (χ1v) is 8.96. The molecule has 2 amide bonds. The molecule has 0 aliphatic heterocycles. The van der Waals surface area contributed by atoms with Crippen LogP contribution in [0.2, 0.25) is 0 Å². The molecule has 132 valence electrons. The zero-order valence-electron chi connectivity index (χ0n) is 13.8. The second-order valence-corrected chi connectivity index (χ2v) is 6.44. The van der Waals surface area contributed by atoms with Crippen molar-refractivity contribution in [1.29, 1.82) is 0 Å². The smallest absolute Gasteiger partial charge is 0.243 e. The fourth-order valence-electron chi connectivity index (χ4n) is 2.21. The highest BCUT2D eigenvalue weighted by molar-refractivity contribution is 7.13. The number of hydrazone groups is 1. The number of hydroxylamine groups is 1. The number of unbranched alkanes of at least 4 members (excludes halogenated alkanes) is 2. The molecule has 1 aromatic heterocycles. The standard InChI is InChI=1S/C18H21N3O3S/c22-17(6-2-1-3-7-18(23)21-24)20-19-13-14-8-10-15(11-9-14)16-5-4-12-25-16/h4-5,8-13,24H,1-3,6-7H2,(H,20,22)(H,21,23)/b19-13+. The van der Waals surface area contributed by atoms with E-state index in [9.17, 15) is 9.59 Å². The van der Waals surface area contributed by atoms with Crippen molar-refractivity contribution in [3.8, 4) is 10.4 Å². The van der Waals surface area contributed by atoms with Gasteiger partial charge in [0.2, 0.25) is 11.8 Å². The molecule has 1 aromatic carbocycles.